The van der Waals surface area contributed by atoms with E-state index in [1.165, 1.54) is 4.88 Å². The summed E-state index contributed by atoms with van der Waals surface area (Å²) in [6.45, 7) is 4.94. The Morgan fingerprint density at radius 3 is 3.06 bits per heavy atom. The fraction of sp³-hybridized carbons (Fsp3) is 0.538. The molecule has 0 aromatic carbocycles. The molecule has 2 nitrogen and oxygen atoms in total. The van der Waals surface area contributed by atoms with E-state index in [0.717, 1.165) is 12.0 Å². The molecule has 0 aliphatic carbocycles. The quantitative estimate of drug-likeness (QED) is 0.799. The van der Waals surface area contributed by atoms with Gasteiger partial charge in [0.05, 0.1) is 19.3 Å². The predicted molar refractivity (Wildman–Crippen MR) is 67.4 cm³/mol. The third kappa shape index (κ3) is 4.36. The maximum atomic E-state index is 8.65. The second-order valence-electron chi connectivity index (χ2n) is 3.56. The molecule has 1 rings (SSSR count). The highest BCUT2D eigenvalue weighted by molar-refractivity contribution is 7.10. The summed E-state index contributed by atoms with van der Waals surface area (Å²) in [7, 11) is 0. The van der Waals surface area contributed by atoms with Crippen molar-refractivity contribution in [1.82, 2.24) is 0 Å². The molecule has 88 valence electrons. The molecule has 0 radical (unpaired) electrons. The molecule has 16 heavy (non-hydrogen) atoms. The summed E-state index contributed by atoms with van der Waals surface area (Å²) < 4.78 is 5.68. The Bertz CT molecular complexity index is 359. The lowest BCUT2D eigenvalue weighted by atomic mass is 10.2. The fourth-order valence-corrected chi connectivity index (χ4v) is 1.86. The average Bonchev–Trinajstić information content (AvgIpc) is 2.74. The van der Waals surface area contributed by atoms with Crippen LogP contribution in [0, 0.1) is 11.8 Å². The van der Waals surface area contributed by atoms with Crippen LogP contribution in [0.4, 0.5) is 0 Å². The summed E-state index contributed by atoms with van der Waals surface area (Å²) in [5.41, 5.74) is 1.03. The minimum atomic E-state index is 0.121. The Kier molecular flexibility index (Phi) is 6.17. The first-order valence-electron chi connectivity index (χ1n) is 5.55. The standard InChI is InChI=1S/C13H18O2S/c1-3-11(2)15-10-13-12(7-9-16-13)6-4-5-8-14/h7,9,11,14H,3,5,8,10H2,1-2H3. The number of hydrogen-bond acceptors (Lipinski definition) is 3. The monoisotopic (exact) mass is 238 g/mol. The molecule has 0 saturated carbocycles. The second-order valence-corrected chi connectivity index (χ2v) is 4.56. The summed E-state index contributed by atoms with van der Waals surface area (Å²) in [5.74, 6) is 5.99. The van der Waals surface area contributed by atoms with Gasteiger partial charge in [-0.3, -0.25) is 0 Å². The van der Waals surface area contributed by atoms with Crippen molar-refractivity contribution in [2.75, 3.05) is 6.61 Å². The van der Waals surface area contributed by atoms with E-state index in [9.17, 15) is 0 Å². The number of aliphatic hydroxyl groups is 1. The zero-order chi connectivity index (χ0) is 11.8. The van der Waals surface area contributed by atoms with Crippen molar-refractivity contribution in [3.63, 3.8) is 0 Å². The first-order valence-corrected chi connectivity index (χ1v) is 6.43. The van der Waals surface area contributed by atoms with Gasteiger partial charge in [-0.1, -0.05) is 18.8 Å². The van der Waals surface area contributed by atoms with Crippen LogP contribution in [0.1, 0.15) is 37.1 Å². The summed E-state index contributed by atoms with van der Waals surface area (Å²) in [4.78, 5) is 1.17. The van der Waals surface area contributed by atoms with Gasteiger partial charge in [0.15, 0.2) is 0 Å². The molecule has 1 N–H and O–H groups in total. The van der Waals surface area contributed by atoms with E-state index in [2.05, 4.69) is 25.7 Å². The molecule has 1 atom stereocenters. The van der Waals surface area contributed by atoms with E-state index in [1.54, 1.807) is 11.3 Å². The van der Waals surface area contributed by atoms with Gasteiger partial charge in [-0.15, -0.1) is 11.3 Å². The third-order valence-electron chi connectivity index (χ3n) is 2.28. The van der Waals surface area contributed by atoms with Crippen LogP contribution in [0.25, 0.3) is 0 Å². The van der Waals surface area contributed by atoms with Gasteiger partial charge < -0.3 is 9.84 Å². The first-order chi connectivity index (χ1) is 7.77. The Balaban J connectivity index is 2.54. The minimum absolute atomic E-state index is 0.121. The van der Waals surface area contributed by atoms with Crippen LogP contribution in [-0.4, -0.2) is 17.8 Å². The molecule has 0 aliphatic rings. The molecular weight excluding hydrogens is 220 g/mol. The Morgan fingerprint density at radius 1 is 1.56 bits per heavy atom. The molecule has 3 heteroatoms. The normalized spacial score (nSPS) is 11.9. The molecule has 1 unspecified atom stereocenters. The maximum absolute atomic E-state index is 8.65. The third-order valence-corrected chi connectivity index (χ3v) is 3.17. The summed E-state index contributed by atoms with van der Waals surface area (Å²) >= 11 is 1.67. The van der Waals surface area contributed by atoms with Crippen LogP contribution in [0.2, 0.25) is 0 Å². The molecule has 0 amide bonds. The highest BCUT2D eigenvalue weighted by Gasteiger charge is 2.04. The van der Waals surface area contributed by atoms with Crippen molar-refractivity contribution in [1.29, 1.82) is 0 Å². The van der Waals surface area contributed by atoms with Crippen LogP contribution in [-0.2, 0) is 11.3 Å². The van der Waals surface area contributed by atoms with Gasteiger partial charge in [0, 0.05) is 16.9 Å². The van der Waals surface area contributed by atoms with E-state index in [4.69, 9.17) is 9.84 Å². The lowest BCUT2D eigenvalue weighted by Crippen LogP contribution is -2.05. The molecule has 0 fully saturated rings. The van der Waals surface area contributed by atoms with E-state index in [0.29, 0.717) is 19.1 Å². The predicted octanol–water partition coefficient (Wildman–Crippen LogP) is 2.80. The van der Waals surface area contributed by atoms with Crippen LogP contribution in [0.5, 0.6) is 0 Å². The zero-order valence-corrected chi connectivity index (χ0v) is 10.6. The molecule has 0 aliphatic heterocycles. The molecule has 0 saturated heterocycles. The molecular formula is C13H18O2S. The molecule has 1 heterocycles. The van der Waals surface area contributed by atoms with Crippen LogP contribution >= 0.6 is 11.3 Å². The largest absolute Gasteiger partial charge is 0.395 e. The smallest absolute Gasteiger partial charge is 0.0825 e. The topological polar surface area (TPSA) is 29.5 Å². The van der Waals surface area contributed by atoms with Gasteiger partial charge >= 0.3 is 0 Å². The van der Waals surface area contributed by atoms with Gasteiger partial charge in [-0.05, 0) is 24.8 Å². The summed E-state index contributed by atoms with van der Waals surface area (Å²) in [6.07, 6.45) is 1.85. The maximum Gasteiger partial charge on any atom is 0.0825 e. The summed E-state index contributed by atoms with van der Waals surface area (Å²) in [6, 6.07) is 2.00. The Hall–Kier alpha value is -0.820. The van der Waals surface area contributed by atoms with Crippen LogP contribution in [0.15, 0.2) is 11.4 Å². The zero-order valence-electron chi connectivity index (χ0n) is 9.82. The number of hydrogen-bond donors (Lipinski definition) is 1. The summed E-state index contributed by atoms with van der Waals surface area (Å²) in [5, 5.41) is 10.7. The van der Waals surface area contributed by atoms with Crippen LogP contribution in [0.3, 0.4) is 0 Å². The van der Waals surface area contributed by atoms with Crippen molar-refractivity contribution >= 4 is 11.3 Å². The number of rotatable bonds is 5. The number of aliphatic hydroxyl groups excluding tert-OH is 1. The Morgan fingerprint density at radius 2 is 2.38 bits per heavy atom. The van der Waals surface area contributed by atoms with Gasteiger partial charge in [0.2, 0.25) is 0 Å². The van der Waals surface area contributed by atoms with Crippen LogP contribution < -0.4 is 0 Å². The lowest BCUT2D eigenvalue weighted by Gasteiger charge is -2.09. The van der Waals surface area contributed by atoms with Crippen molar-refractivity contribution in [3.8, 4) is 11.8 Å². The van der Waals surface area contributed by atoms with E-state index in [-0.39, 0.29) is 6.61 Å². The number of ether oxygens (including phenoxy) is 1. The van der Waals surface area contributed by atoms with E-state index < -0.39 is 0 Å². The van der Waals surface area contributed by atoms with Crippen molar-refractivity contribution in [2.45, 2.75) is 39.4 Å². The van der Waals surface area contributed by atoms with Gasteiger partial charge in [0.1, 0.15) is 0 Å². The second kappa shape index (κ2) is 7.45. The minimum Gasteiger partial charge on any atom is -0.395 e. The van der Waals surface area contributed by atoms with Gasteiger partial charge in [-0.2, -0.15) is 0 Å². The molecule has 1 aromatic heterocycles. The van der Waals surface area contributed by atoms with Crippen molar-refractivity contribution in [2.24, 2.45) is 0 Å². The molecule has 0 spiro atoms. The van der Waals surface area contributed by atoms with Crippen molar-refractivity contribution < 1.29 is 9.84 Å². The Labute approximate surface area is 101 Å². The van der Waals surface area contributed by atoms with E-state index in [1.807, 2.05) is 11.4 Å². The number of thiophene rings is 1. The van der Waals surface area contributed by atoms with E-state index >= 15 is 0 Å². The first kappa shape index (κ1) is 13.2. The SMILES string of the molecule is CCC(C)OCc1sccc1C#CCCO. The molecule has 0 bridgehead atoms. The van der Waals surface area contributed by atoms with Gasteiger partial charge in [0.25, 0.3) is 0 Å². The molecule has 1 aromatic rings. The van der Waals surface area contributed by atoms with Gasteiger partial charge in [-0.25, -0.2) is 0 Å². The van der Waals surface area contributed by atoms with Crippen molar-refractivity contribution in [3.05, 3.63) is 21.9 Å². The highest BCUT2D eigenvalue weighted by Crippen LogP contribution is 2.18. The fourth-order valence-electron chi connectivity index (χ4n) is 1.11. The lowest BCUT2D eigenvalue weighted by molar-refractivity contribution is 0.0524. The average molecular weight is 238 g/mol. The highest BCUT2D eigenvalue weighted by atomic mass is 32.1.